The molecule has 1 atom stereocenters. The number of hydrogen-bond donors (Lipinski definition) is 1. The lowest BCUT2D eigenvalue weighted by Crippen LogP contribution is -2.21. The topological polar surface area (TPSA) is 12.0 Å². The zero-order valence-electron chi connectivity index (χ0n) is 10.4. The highest BCUT2D eigenvalue weighted by Gasteiger charge is 2.22. The lowest BCUT2D eigenvalue weighted by molar-refractivity contribution is 0.578. The van der Waals surface area contributed by atoms with E-state index in [1.54, 1.807) is 0 Å². The van der Waals surface area contributed by atoms with E-state index in [9.17, 15) is 0 Å². The van der Waals surface area contributed by atoms with Gasteiger partial charge in [-0.15, -0.1) is 11.8 Å². The molecule has 1 unspecified atom stereocenters. The fraction of sp³-hybridized carbons (Fsp3) is 0.571. The second kappa shape index (κ2) is 5.24. The first kappa shape index (κ1) is 12.0. The highest BCUT2D eigenvalue weighted by atomic mass is 32.2. The van der Waals surface area contributed by atoms with E-state index >= 15 is 0 Å². The van der Waals surface area contributed by atoms with Gasteiger partial charge in [0.25, 0.3) is 0 Å². The summed E-state index contributed by atoms with van der Waals surface area (Å²) in [6.45, 7) is 7.87. The van der Waals surface area contributed by atoms with Crippen LogP contribution < -0.4 is 5.32 Å². The van der Waals surface area contributed by atoms with Crippen LogP contribution in [0.25, 0.3) is 0 Å². The second-order valence-electron chi connectivity index (χ2n) is 4.77. The molecule has 0 aromatic heterocycles. The molecule has 0 fully saturated rings. The van der Waals surface area contributed by atoms with Crippen molar-refractivity contribution in [3.63, 3.8) is 0 Å². The Balaban J connectivity index is 2.19. The van der Waals surface area contributed by atoms with E-state index in [2.05, 4.69) is 44.3 Å². The van der Waals surface area contributed by atoms with Crippen LogP contribution >= 0.6 is 11.8 Å². The number of rotatable bonds is 4. The first-order chi connectivity index (χ1) is 7.72. The van der Waals surface area contributed by atoms with Gasteiger partial charge in [-0.3, -0.25) is 0 Å². The van der Waals surface area contributed by atoms with E-state index in [0.717, 1.165) is 6.54 Å². The predicted octanol–water partition coefficient (Wildman–Crippen LogP) is 3.96. The zero-order valence-corrected chi connectivity index (χ0v) is 11.2. The van der Waals surface area contributed by atoms with Crippen molar-refractivity contribution < 1.29 is 0 Å². The molecule has 1 heterocycles. The van der Waals surface area contributed by atoms with Crippen molar-refractivity contribution in [2.75, 3.05) is 12.3 Å². The van der Waals surface area contributed by atoms with Gasteiger partial charge in [-0.05, 0) is 36.1 Å². The van der Waals surface area contributed by atoms with Gasteiger partial charge in [0, 0.05) is 16.7 Å². The number of fused-ring (bicyclic) bond motifs is 1. The molecule has 0 saturated heterocycles. The van der Waals surface area contributed by atoms with Gasteiger partial charge in [0.05, 0.1) is 0 Å². The molecule has 2 heteroatoms. The van der Waals surface area contributed by atoms with Crippen molar-refractivity contribution in [2.45, 2.75) is 44.0 Å². The van der Waals surface area contributed by atoms with Crippen LogP contribution in [0.1, 0.15) is 50.3 Å². The first-order valence-corrected chi connectivity index (χ1v) is 7.21. The monoisotopic (exact) mass is 235 g/mol. The van der Waals surface area contributed by atoms with Gasteiger partial charge in [0.1, 0.15) is 0 Å². The van der Waals surface area contributed by atoms with Crippen LogP contribution in [0.15, 0.2) is 23.1 Å². The summed E-state index contributed by atoms with van der Waals surface area (Å²) in [4.78, 5) is 1.47. The molecule has 0 spiro atoms. The number of benzene rings is 1. The fourth-order valence-electron chi connectivity index (χ4n) is 2.08. The van der Waals surface area contributed by atoms with Gasteiger partial charge in [0.15, 0.2) is 0 Å². The minimum Gasteiger partial charge on any atom is -0.309 e. The van der Waals surface area contributed by atoms with Crippen molar-refractivity contribution >= 4 is 11.8 Å². The van der Waals surface area contributed by atoms with Crippen LogP contribution in [0, 0.1) is 0 Å². The molecule has 2 rings (SSSR count). The smallest absolute Gasteiger partial charge is 0.0426 e. The molecule has 0 bridgehead atoms. The summed E-state index contributed by atoms with van der Waals surface area (Å²) in [6.07, 6.45) is 1.21. The van der Waals surface area contributed by atoms with Gasteiger partial charge < -0.3 is 5.32 Å². The third kappa shape index (κ3) is 2.44. The van der Waals surface area contributed by atoms with Crippen molar-refractivity contribution in [2.24, 2.45) is 0 Å². The Morgan fingerprint density at radius 3 is 2.94 bits per heavy atom. The highest BCUT2D eigenvalue weighted by Crippen LogP contribution is 2.39. The Labute approximate surface area is 103 Å². The van der Waals surface area contributed by atoms with Crippen LogP contribution in [0.5, 0.6) is 0 Å². The lowest BCUT2D eigenvalue weighted by Gasteiger charge is -2.14. The molecule has 0 saturated carbocycles. The molecule has 0 radical (unpaired) electrons. The van der Waals surface area contributed by atoms with Crippen molar-refractivity contribution in [3.05, 3.63) is 29.3 Å². The molecule has 1 N–H and O–H groups in total. The molecular formula is C14H21NS. The number of hydrogen-bond acceptors (Lipinski definition) is 2. The maximum atomic E-state index is 3.63. The Hall–Kier alpha value is -0.470. The largest absolute Gasteiger partial charge is 0.309 e. The third-order valence-electron chi connectivity index (χ3n) is 3.12. The molecule has 1 aliphatic rings. The zero-order chi connectivity index (χ0) is 11.5. The summed E-state index contributed by atoms with van der Waals surface area (Å²) in [5.41, 5.74) is 2.98. The Morgan fingerprint density at radius 2 is 2.25 bits per heavy atom. The lowest BCUT2D eigenvalue weighted by atomic mass is 9.98. The first-order valence-electron chi connectivity index (χ1n) is 6.22. The van der Waals surface area contributed by atoms with Crippen LogP contribution in [0.4, 0.5) is 0 Å². The summed E-state index contributed by atoms with van der Waals surface area (Å²) >= 11 is 1.98. The van der Waals surface area contributed by atoms with E-state index in [-0.39, 0.29) is 0 Å². The van der Waals surface area contributed by atoms with Crippen molar-refractivity contribution in [1.29, 1.82) is 0 Å². The quantitative estimate of drug-likeness (QED) is 0.848. The van der Waals surface area contributed by atoms with Gasteiger partial charge in [-0.2, -0.15) is 0 Å². The molecule has 1 aromatic rings. The summed E-state index contributed by atoms with van der Waals surface area (Å²) in [7, 11) is 0. The van der Waals surface area contributed by atoms with E-state index in [4.69, 9.17) is 0 Å². The van der Waals surface area contributed by atoms with Crippen LogP contribution in [0.2, 0.25) is 0 Å². The average Bonchev–Trinajstić information content (AvgIpc) is 2.68. The molecule has 1 aromatic carbocycles. The molecular weight excluding hydrogens is 214 g/mol. The Bertz CT molecular complexity index is 360. The minimum atomic E-state index is 0.568. The Morgan fingerprint density at radius 1 is 1.44 bits per heavy atom. The van der Waals surface area contributed by atoms with Crippen LogP contribution in [-0.2, 0) is 0 Å². The maximum Gasteiger partial charge on any atom is 0.0426 e. The maximum absolute atomic E-state index is 3.63. The molecule has 1 nitrogen and oxygen atoms in total. The molecule has 1 aliphatic heterocycles. The van der Waals surface area contributed by atoms with E-state index in [1.807, 2.05) is 11.8 Å². The van der Waals surface area contributed by atoms with Gasteiger partial charge >= 0.3 is 0 Å². The second-order valence-corrected chi connectivity index (χ2v) is 5.83. The van der Waals surface area contributed by atoms with Gasteiger partial charge in [-0.25, -0.2) is 0 Å². The number of thioether (sulfide) groups is 1. The molecule has 0 aliphatic carbocycles. The van der Waals surface area contributed by atoms with Gasteiger partial charge in [-0.1, -0.05) is 32.9 Å². The minimum absolute atomic E-state index is 0.568. The molecule has 16 heavy (non-hydrogen) atoms. The predicted molar refractivity (Wildman–Crippen MR) is 72.3 cm³/mol. The average molecular weight is 235 g/mol. The molecule has 88 valence electrons. The normalized spacial score (nSPS) is 19.1. The summed E-state index contributed by atoms with van der Waals surface area (Å²) in [6, 6.07) is 7.54. The third-order valence-corrected chi connectivity index (χ3v) is 4.30. The van der Waals surface area contributed by atoms with Crippen LogP contribution in [0.3, 0.4) is 0 Å². The SMILES string of the molecule is CCCNC1CSc2ccc(C(C)C)cc21. The van der Waals surface area contributed by atoms with Crippen molar-refractivity contribution in [1.82, 2.24) is 5.32 Å². The fourth-order valence-corrected chi connectivity index (χ4v) is 3.26. The van der Waals surface area contributed by atoms with Gasteiger partial charge in [0.2, 0.25) is 0 Å². The standard InChI is InChI=1S/C14H21NS/c1-4-7-15-13-9-16-14-6-5-11(10(2)3)8-12(13)14/h5-6,8,10,13,15H,4,7,9H2,1-3H3. The molecule has 0 amide bonds. The summed E-state index contributed by atoms with van der Waals surface area (Å²) < 4.78 is 0. The van der Waals surface area contributed by atoms with E-state index < -0.39 is 0 Å². The summed E-state index contributed by atoms with van der Waals surface area (Å²) in [5, 5.41) is 3.63. The van der Waals surface area contributed by atoms with Crippen molar-refractivity contribution in [3.8, 4) is 0 Å². The number of nitrogens with one attached hydrogen (secondary N) is 1. The van der Waals surface area contributed by atoms with Crippen LogP contribution in [-0.4, -0.2) is 12.3 Å². The Kier molecular flexibility index (Phi) is 3.93. The highest BCUT2D eigenvalue weighted by molar-refractivity contribution is 7.99. The van der Waals surface area contributed by atoms with E-state index in [1.165, 1.54) is 28.2 Å². The van der Waals surface area contributed by atoms with E-state index in [0.29, 0.717) is 12.0 Å². The summed E-state index contributed by atoms with van der Waals surface area (Å²) in [5.74, 6) is 1.82.